The number of aromatic nitrogens is 1. The number of phenols is 1. The second kappa shape index (κ2) is 11.8. The van der Waals surface area contributed by atoms with Crippen LogP contribution in [0, 0.1) is 5.82 Å². The molecule has 1 atom stereocenters. The number of piperidine rings is 1. The van der Waals surface area contributed by atoms with Crippen molar-refractivity contribution in [1.82, 2.24) is 20.5 Å². The molecule has 5 N–H and O–H groups in total. The molecule has 1 saturated heterocycles. The first-order valence-corrected chi connectivity index (χ1v) is 12.4. The zero-order chi connectivity index (χ0) is 25.7. The van der Waals surface area contributed by atoms with Crippen molar-refractivity contribution in [3.05, 3.63) is 74.8 Å². The maximum absolute atomic E-state index is 13.9. The van der Waals surface area contributed by atoms with E-state index in [1.165, 1.54) is 18.2 Å². The van der Waals surface area contributed by atoms with Crippen molar-refractivity contribution in [3.63, 3.8) is 0 Å². The largest absolute Gasteiger partial charge is 0.506 e. The van der Waals surface area contributed by atoms with Crippen molar-refractivity contribution in [2.24, 2.45) is 0 Å². The Bertz CT molecular complexity index is 1280. The molecule has 8 nitrogen and oxygen atoms in total. The van der Waals surface area contributed by atoms with E-state index in [1.807, 2.05) is 0 Å². The number of nitrogens with zero attached hydrogens (tertiary/aromatic N) is 1. The van der Waals surface area contributed by atoms with E-state index in [4.69, 9.17) is 11.6 Å². The van der Waals surface area contributed by atoms with Crippen LogP contribution in [0.3, 0.4) is 0 Å². The standard InChI is InChI=1S/C26H30ClFN4O4/c27-20-3-1-2-16(25(20)28)14-30-23(35)10-13-32-11-8-17(9-12-32)29-15-22(34)18-4-6-21(33)26-19(18)5-7-24(36)31-26/h1-7,17,22,29,33-34H,8-15H2,(H,30,35)(H,31,36)/t22-/m0/s1. The smallest absolute Gasteiger partial charge is 0.248 e. The van der Waals surface area contributed by atoms with E-state index in [9.17, 15) is 24.2 Å². The van der Waals surface area contributed by atoms with Crippen LogP contribution in [0.5, 0.6) is 5.75 Å². The Morgan fingerprint density at radius 3 is 2.75 bits per heavy atom. The lowest BCUT2D eigenvalue weighted by molar-refractivity contribution is -0.121. The van der Waals surface area contributed by atoms with Gasteiger partial charge in [0.1, 0.15) is 11.6 Å². The Balaban J connectivity index is 1.19. The molecule has 0 unspecified atom stereocenters. The number of aliphatic hydroxyl groups is 1. The first-order chi connectivity index (χ1) is 17.3. The number of aromatic hydroxyl groups is 1. The van der Waals surface area contributed by atoms with Gasteiger partial charge in [-0.2, -0.15) is 0 Å². The summed E-state index contributed by atoms with van der Waals surface area (Å²) >= 11 is 5.77. The highest BCUT2D eigenvalue weighted by molar-refractivity contribution is 6.30. The third-order valence-corrected chi connectivity index (χ3v) is 6.91. The molecule has 1 aliphatic rings. The van der Waals surface area contributed by atoms with Gasteiger partial charge in [-0.3, -0.25) is 9.59 Å². The lowest BCUT2D eigenvalue weighted by atomic mass is 10.0. The lowest BCUT2D eigenvalue weighted by Crippen LogP contribution is -2.44. The monoisotopic (exact) mass is 516 g/mol. The number of nitrogens with one attached hydrogen (secondary N) is 3. The van der Waals surface area contributed by atoms with Crippen LogP contribution < -0.4 is 16.2 Å². The van der Waals surface area contributed by atoms with Crippen LogP contribution in [0.15, 0.2) is 47.3 Å². The third kappa shape index (κ3) is 6.41. The Morgan fingerprint density at radius 1 is 1.19 bits per heavy atom. The fraction of sp³-hybridized carbons (Fsp3) is 0.385. The van der Waals surface area contributed by atoms with Crippen LogP contribution in [-0.2, 0) is 11.3 Å². The van der Waals surface area contributed by atoms with Gasteiger partial charge >= 0.3 is 0 Å². The van der Waals surface area contributed by atoms with Gasteiger partial charge in [0, 0.05) is 49.1 Å². The highest BCUT2D eigenvalue weighted by atomic mass is 35.5. The van der Waals surface area contributed by atoms with E-state index in [2.05, 4.69) is 20.5 Å². The third-order valence-electron chi connectivity index (χ3n) is 6.62. The summed E-state index contributed by atoms with van der Waals surface area (Å²) in [5, 5.41) is 27.6. The van der Waals surface area contributed by atoms with Crippen molar-refractivity contribution in [2.75, 3.05) is 26.2 Å². The van der Waals surface area contributed by atoms with Crippen LogP contribution in [0.2, 0.25) is 5.02 Å². The molecular weight excluding hydrogens is 487 g/mol. The van der Waals surface area contributed by atoms with Crippen molar-refractivity contribution < 1.29 is 19.4 Å². The first kappa shape index (κ1) is 26.1. The van der Waals surface area contributed by atoms with Gasteiger partial charge in [0.2, 0.25) is 11.5 Å². The number of halogens is 2. The quantitative estimate of drug-likeness (QED) is 0.298. The first-order valence-electron chi connectivity index (χ1n) is 12.0. The van der Waals surface area contributed by atoms with Gasteiger partial charge in [-0.1, -0.05) is 29.8 Å². The SMILES string of the molecule is O=C(CCN1CCC(NC[C@H](O)c2ccc(O)c3[nH]c(=O)ccc23)CC1)NCc1cccc(Cl)c1F. The molecule has 2 heterocycles. The van der Waals surface area contributed by atoms with Gasteiger partial charge in [-0.15, -0.1) is 0 Å². The number of carbonyl (C=O) groups excluding carboxylic acids is 1. The number of hydrogen-bond donors (Lipinski definition) is 5. The summed E-state index contributed by atoms with van der Waals surface area (Å²) in [7, 11) is 0. The molecule has 0 aliphatic carbocycles. The summed E-state index contributed by atoms with van der Waals surface area (Å²) in [6, 6.07) is 11.1. The maximum atomic E-state index is 13.9. The minimum absolute atomic E-state index is 0.0377. The topological polar surface area (TPSA) is 118 Å². The fourth-order valence-electron chi connectivity index (χ4n) is 4.53. The van der Waals surface area contributed by atoms with Gasteiger partial charge in [0.05, 0.1) is 16.6 Å². The molecule has 0 radical (unpaired) electrons. The van der Waals surface area contributed by atoms with E-state index in [0.29, 0.717) is 41.5 Å². The number of phenolic OH excluding ortho intramolecular Hbond substituents is 1. The summed E-state index contributed by atoms with van der Waals surface area (Å²) in [4.78, 5) is 28.6. The summed E-state index contributed by atoms with van der Waals surface area (Å²) in [5.74, 6) is -0.683. The number of pyridine rings is 1. The number of aromatic amines is 1. The van der Waals surface area contributed by atoms with Gasteiger partial charge in [-0.05, 0) is 49.7 Å². The number of amides is 1. The van der Waals surface area contributed by atoms with E-state index in [0.717, 1.165) is 25.9 Å². The molecule has 192 valence electrons. The van der Waals surface area contributed by atoms with Crippen LogP contribution in [0.4, 0.5) is 4.39 Å². The number of H-pyrrole nitrogens is 1. The second-order valence-corrected chi connectivity index (χ2v) is 9.47. The summed E-state index contributed by atoms with van der Waals surface area (Å²) in [6.45, 7) is 2.72. The van der Waals surface area contributed by atoms with Gasteiger partial charge in [0.15, 0.2) is 0 Å². The summed E-state index contributed by atoms with van der Waals surface area (Å²) in [5.41, 5.74) is 0.988. The number of fused-ring (bicyclic) bond motifs is 1. The number of rotatable bonds is 9. The molecular formula is C26H30ClFN4O4. The van der Waals surface area contributed by atoms with Crippen LogP contribution in [-0.4, -0.2) is 58.2 Å². The van der Waals surface area contributed by atoms with Gasteiger partial charge in [-0.25, -0.2) is 4.39 Å². The molecule has 36 heavy (non-hydrogen) atoms. The number of aliphatic hydroxyl groups excluding tert-OH is 1. The Morgan fingerprint density at radius 2 is 1.97 bits per heavy atom. The second-order valence-electron chi connectivity index (χ2n) is 9.06. The molecule has 10 heteroatoms. The molecule has 3 aromatic rings. The average molecular weight is 517 g/mol. The zero-order valence-corrected chi connectivity index (χ0v) is 20.5. The Hall–Kier alpha value is -2.98. The predicted octanol–water partition coefficient (Wildman–Crippen LogP) is 2.82. The maximum Gasteiger partial charge on any atom is 0.248 e. The number of likely N-dealkylation sites (tertiary alicyclic amines) is 1. The van der Waals surface area contributed by atoms with Crippen molar-refractivity contribution >= 4 is 28.4 Å². The Kier molecular flexibility index (Phi) is 8.58. The number of carbonyl (C=O) groups is 1. The molecule has 1 fully saturated rings. The molecule has 0 spiro atoms. The molecule has 4 rings (SSSR count). The van der Waals surface area contributed by atoms with E-state index in [-0.39, 0.29) is 34.8 Å². The molecule has 0 bridgehead atoms. The minimum Gasteiger partial charge on any atom is -0.506 e. The fourth-order valence-corrected chi connectivity index (χ4v) is 4.72. The van der Waals surface area contributed by atoms with E-state index < -0.39 is 11.9 Å². The minimum atomic E-state index is -0.801. The lowest BCUT2D eigenvalue weighted by Gasteiger charge is -2.32. The summed E-state index contributed by atoms with van der Waals surface area (Å²) < 4.78 is 13.9. The van der Waals surface area contributed by atoms with E-state index >= 15 is 0 Å². The summed E-state index contributed by atoms with van der Waals surface area (Å²) in [6.07, 6.45) is 1.29. The molecule has 1 amide bonds. The van der Waals surface area contributed by atoms with Crippen molar-refractivity contribution in [2.45, 2.75) is 38.0 Å². The van der Waals surface area contributed by atoms with E-state index in [1.54, 1.807) is 24.3 Å². The molecule has 2 aromatic carbocycles. The van der Waals surface area contributed by atoms with Crippen molar-refractivity contribution in [3.8, 4) is 5.75 Å². The molecule has 1 aromatic heterocycles. The molecule has 1 aliphatic heterocycles. The Labute approximate surface area is 213 Å². The van der Waals surface area contributed by atoms with Crippen LogP contribution in [0.25, 0.3) is 10.9 Å². The average Bonchev–Trinajstić information content (AvgIpc) is 2.88. The number of benzene rings is 2. The van der Waals surface area contributed by atoms with Crippen LogP contribution >= 0.6 is 11.6 Å². The predicted molar refractivity (Wildman–Crippen MR) is 137 cm³/mol. The van der Waals surface area contributed by atoms with Gasteiger partial charge < -0.3 is 30.7 Å². The molecule has 0 saturated carbocycles. The highest BCUT2D eigenvalue weighted by Crippen LogP contribution is 2.28. The normalized spacial score (nSPS) is 15.8. The number of hydrogen-bond acceptors (Lipinski definition) is 6. The van der Waals surface area contributed by atoms with Crippen LogP contribution in [0.1, 0.15) is 36.5 Å². The highest BCUT2D eigenvalue weighted by Gasteiger charge is 2.21. The van der Waals surface area contributed by atoms with Crippen molar-refractivity contribution in [1.29, 1.82) is 0 Å². The zero-order valence-electron chi connectivity index (χ0n) is 19.8. The van der Waals surface area contributed by atoms with Gasteiger partial charge in [0.25, 0.3) is 0 Å².